The Kier molecular flexibility index (Phi) is 8.88. The van der Waals surface area contributed by atoms with Crippen molar-refractivity contribution in [1.82, 2.24) is 5.32 Å². The number of nitrogens with zero attached hydrogens (tertiary/aromatic N) is 1. The molecule has 1 N–H and O–H groups in total. The molecule has 0 heterocycles. The van der Waals surface area contributed by atoms with Gasteiger partial charge in [0.2, 0.25) is 0 Å². The largest absolute Gasteiger partial charge is 0.496 e. The van der Waals surface area contributed by atoms with Gasteiger partial charge in [0.05, 0.1) is 7.11 Å². The van der Waals surface area contributed by atoms with Crippen molar-refractivity contribution in [2.75, 3.05) is 33.1 Å². The van der Waals surface area contributed by atoms with Crippen LogP contribution in [-0.4, -0.2) is 39.0 Å². The van der Waals surface area contributed by atoms with Gasteiger partial charge in [-0.15, -0.1) is 11.8 Å². The molecule has 0 saturated carbocycles. The van der Waals surface area contributed by atoms with Gasteiger partial charge in [0.15, 0.2) is 0 Å². The highest BCUT2D eigenvalue weighted by Crippen LogP contribution is 2.29. The molecular weight excluding hydrogens is 312 g/mol. The first-order valence-corrected chi connectivity index (χ1v) is 8.58. The minimum absolute atomic E-state index is 0.0698. The van der Waals surface area contributed by atoms with Gasteiger partial charge in [-0.1, -0.05) is 6.07 Å². The van der Waals surface area contributed by atoms with Crippen LogP contribution in [0.2, 0.25) is 0 Å². The van der Waals surface area contributed by atoms with Crippen molar-refractivity contribution in [3.63, 3.8) is 0 Å². The first-order valence-electron chi connectivity index (χ1n) is 7.36. The molecule has 5 nitrogen and oxygen atoms in total. The summed E-state index contributed by atoms with van der Waals surface area (Å²) >= 11 is 1.58. The van der Waals surface area contributed by atoms with Gasteiger partial charge < -0.3 is 14.8 Å². The number of carbonyl (C=O) groups is 1. The lowest BCUT2D eigenvalue weighted by Crippen LogP contribution is -2.26. The van der Waals surface area contributed by atoms with E-state index in [2.05, 4.69) is 5.32 Å². The summed E-state index contributed by atoms with van der Waals surface area (Å²) in [6.45, 7) is 3.65. The Morgan fingerprint density at radius 3 is 2.87 bits per heavy atom. The van der Waals surface area contributed by atoms with Crippen molar-refractivity contribution in [2.45, 2.75) is 18.2 Å². The fraction of sp³-hybridized carbons (Fsp3) is 0.412. The molecule has 1 amide bonds. The van der Waals surface area contributed by atoms with E-state index in [0.717, 1.165) is 16.2 Å². The number of hydrogen-bond acceptors (Lipinski definition) is 5. The average molecular weight is 334 g/mol. The number of hydrogen-bond donors (Lipinski definition) is 1. The molecule has 0 aromatic heterocycles. The van der Waals surface area contributed by atoms with Crippen LogP contribution >= 0.6 is 11.8 Å². The number of benzene rings is 1. The van der Waals surface area contributed by atoms with Crippen LogP contribution in [0.25, 0.3) is 6.08 Å². The summed E-state index contributed by atoms with van der Waals surface area (Å²) in [6.07, 6.45) is 4.24. The summed E-state index contributed by atoms with van der Waals surface area (Å²) in [7, 11) is 1.60. The highest BCUT2D eigenvalue weighted by Gasteiger charge is 2.09. The maximum absolute atomic E-state index is 12.0. The molecule has 0 radical (unpaired) electrons. The molecule has 1 rings (SSSR count). The van der Waals surface area contributed by atoms with E-state index in [1.165, 1.54) is 0 Å². The van der Waals surface area contributed by atoms with Crippen molar-refractivity contribution in [3.8, 4) is 11.8 Å². The maximum atomic E-state index is 12.0. The van der Waals surface area contributed by atoms with Crippen LogP contribution in [0, 0.1) is 11.3 Å². The standard InChI is InChI=1S/C17H22N2O3S/c1-4-22-9-5-8-19-17(20)14(12-18)10-13-6-7-16(23-3)15(11-13)21-2/h6-7,10-11H,4-5,8-9H2,1-3H3,(H,19,20). The number of thioether (sulfide) groups is 1. The zero-order chi connectivity index (χ0) is 17.1. The molecule has 0 atom stereocenters. The fourth-order valence-electron chi connectivity index (χ4n) is 1.87. The second kappa shape index (κ2) is 10.7. The highest BCUT2D eigenvalue weighted by molar-refractivity contribution is 7.98. The molecule has 124 valence electrons. The van der Waals surface area contributed by atoms with E-state index in [9.17, 15) is 10.1 Å². The van der Waals surface area contributed by atoms with E-state index in [1.54, 1.807) is 24.9 Å². The number of nitrogens with one attached hydrogen (secondary N) is 1. The third kappa shape index (κ3) is 6.35. The first-order chi connectivity index (χ1) is 11.2. The van der Waals surface area contributed by atoms with Gasteiger partial charge in [-0.2, -0.15) is 5.26 Å². The monoisotopic (exact) mass is 334 g/mol. The average Bonchev–Trinajstić information content (AvgIpc) is 2.58. The molecule has 0 aliphatic rings. The number of amides is 1. The Morgan fingerprint density at radius 2 is 2.26 bits per heavy atom. The molecule has 0 spiro atoms. The van der Waals surface area contributed by atoms with Gasteiger partial charge in [-0.3, -0.25) is 4.79 Å². The Bertz CT molecular complexity index is 594. The summed E-state index contributed by atoms with van der Waals surface area (Å²) in [6, 6.07) is 7.51. The minimum Gasteiger partial charge on any atom is -0.496 e. The Morgan fingerprint density at radius 1 is 1.48 bits per heavy atom. The lowest BCUT2D eigenvalue weighted by molar-refractivity contribution is -0.117. The number of nitriles is 1. The Hall–Kier alpha value is -1.97. The molecule has 0 aliphatic heterocycles. The molecular formula is C17H22N2O3S. The van der Waals surface area contributed by atoms with E-state index in [1.807, 2.05) is 37.4 Å². The normalized spacial score (nSPS) is 11.0. The number of ether oxygens (including phenoxy) is 2. The second-order valence-electron chi connectivity index (χ2n) is 4.59. The number of rotatable bonds is 9. The summed E-state index contributed by atoms with van der Waals surface area (Å²) in [5.74, 6) is 0.345. The summed E-state index contributed by atoms with van der Waals surface area (Å²) in [4.78, 5) is 13.0. The maximum Gasteiger partial charge on any atom is 0.261 e. The number of carbonyl (C=O) groups excluding carboxylic acids is 1. The molecule has 0 bridgehead atoms. The van der Waals surface area contributed by atoms with Crippen LogP contribution in [0.15, 0.2) is 28.7 Å². The molecule has 0 unspecified atom stereocenters. The lowest BCUT2D eigenvalue weighted by atomic mass is 10.1. The third-order valence-electron chi connectivity index (χ3n) is 3.04. The minimum atomic E-state index is -0.378. The smallest absolute Gasteiger partial charge is 0.261 e. The third-order valence-corrected chi connectivity index (χ3v) is 3.82. The van der Waals surface area contributed by atoms with E-state index >= 15 is 0 Å². The van der Waals surface area contributed by atoms with Crippen LogP contribution < -0.4 is 10.1 Å². The van der Waals surface area contributed by atoms with Crippen molar-refractivity contribution in [2.24, 2.45) is 0 Å². The van der Waals surface area contributed by atoms with Gasteiger partial charge in [0.1, 0.15) is 17.4 Å². The van der Waals surface area contributed by atoms with Gasteiger partial charge in [-0.25, -0.2) is 0 Å². The molecule has 0 saturated heterocycles. The molecule has 23 heavy (non-hydrogen) atoms. The van der Waals surface area contributed by atoms with Crippen molar-refractivity contribution < 1.29 is 14.3 Å². The van der Waals surface area contributed by atoms with E-state index in [-0.39, 0.29) is 11.5 Å². The summed E-state index contributed by atoms with van der Waals surface area (Å²) < 4.78 is 10.5. The zero-order valence-corrected chi connectivity index (χ0v) is 14.5. The zero-order valence-electron chi connectivity index (χ0n) is 13.7. The predicted octanol–water partition coefficient (Wildman–Crippen LogP) is 2.87. The number of methoxy groups -OCH3 is 1. The molecule has 1 aromatic rings. The van der Waals surface area contributed by atoms with Crippen molar-refractivity contribution >= 4 is 23.7 Å². The lowest BCUT2D eigenvalue weighted by Gasteiger charge is -2.07. The van der Waals surface area contributed by atoms with Crippen LogP contribution in [0.1, 0.15) is 18.9 Å². The van der Waals surface area contributed by atoms with Gasteiger partial charge >= 0.3 is 0 Å². The summed E-state index contributed by atoms with van der Waals surface area (Å²) in [5, 5.41) is 11.9. The molecule has 6 heteroatoms. The van der Waals surface area contributed by atoms with Gasteiger partial charge in [-0.05, 0) is 43.4 Å². The van der Waals surface area contributed by atoms with Crippen molar-refractivity contribution in [1.29, 1.82) is 5.26 Å². The van der Waals surface area contributed by atoms with Crippen LogP contribution in [0.5, 0.6) is 5.75 Å². The highest BCUT2D eigenvalue weighted by atomic mass is 32.2. The van der Waals surface area contributed by atoms with E-state index < -0.39 is 0 Å². The van der Waals surface area contributed by atoms with Crippen LogP contribution in [-0.2, 0) is 9.53 Å². The Balaban J connectivity index is 2.75. The quantitative estimate of drug-likeness (QED) is 0.325. The predicted molar refractivity (Wildman–Crippen MR) is 92.5 cm³/mol. The van der Waals surface area contributed by atoms with Crippen molar-refractivity contribution in [3.05, 3.63) is 29.3 Å². The fourth-order valence-corrected chi connectivity index (χ4v) is 2.42. The summed E-state index contributed by atoms with van der Waals surface area (Å²) in [5.41, 5.74) is 0.820. The topological polar surface area (TPSA) is 71.3 Å². The second-order valence-corrected chi connectivity index (χ2v) is 5.44. The molecule has 1 aromatic carbocycles. The Labute approximate surface area is 141 Å². The SMILES string of the molecule is CCOCCCNC(=O)C(C#N)=Cc1ccc(SC)c(OC)c1. The van der Waals surface area contributed by atoms with Crippen LogP contribution in [0.4, 0.5) is 0 Å². The molecule has 0 aliphatic carbocycles. The first kappa shape index (κ1) is 19.1. The van der Waals surface area contributed by atoms with E-state index in [0.29, 0.717) is 26.2 Å². The molecule has 0 fully saturated rings. The van der Waals surface area contributed by atoms with Crippen LogP contribution in [0.3, 0.4) is 0 Å². The van der Waals surface area contributed by atoms with Gasteiger partial charge in [0, 0.05) is 24.7 Å². The van der Waals surface area contributed by atoms with E-state index in [4.69, 9.17) is 9.47 Å². The van der Waals surface area contributed by atoms with Gasteiger partial charge in [0.25, 0.3) is 5.91 Å².